The zero-order valence-electron chi connectivity index (χ0n) is 11.5. The molecule has 0 amide bonds. The van der Waals surface area contributed by atoms with Gasteiger partial charge in [0, 0.05) is 18.0 Å². The van der Waals surface area contributed by atoms with Crippen LogP contribution in [0.25, 0.3) is 11.4 Å². The first-order valence-corrected chi connectivity index (χ1v) is 8.09. The summed E-state index contributed by atoms with van der Waals surface area (Å²) in [6, 6.07) is 17.0. The summed E-state index contributed by atoms with van der Waals surface area (Å²) in [7, 11) is -3.65. The number of sulfonamides is 1. The van der Waals surface area contributed by atoms with Gasteiger partial charge < -0.3 is 0 Å². The quantitative estimate of drug-likeness (QED) is 0.804. The summed E-state index contributed by atoms with van der Waals surface area (Å²) in [6.07, 6.45) is 3.23. The van der Waals surface area contributed by atoms with Gasteiger partial charge in [-0.05, 0) is 30.3 Å². The van der Waals surface area contributed by atoms with Gasteiger partial charge in [0.25, 0.3) is 10.0 Å². The molecule has 0 fully saturated rings. The topological polar surface area (TPSA) is 72.0 Å². The molecule has 0 spiro atoms. The molecule has 0 aliphatic carbocycles. The number of aromatic nitrogens is 2. The molecule has 2 aromatic carbocycles. The number of nitrogens with one attached hydrogen (secondary N) is 1. The summed E-state index contributed by atoms with van der Waals surface area (Å²) in [6.45, 7) is 0. The second-order valence-electron chi connectivity index (χ2n) is 4.54. The average molecular weight is 311 g/mol. The summed E-state index contributed by atoms with van der Waals surface area (Å²) >= 11 is 0. The van der Waals surface area contributed by atoms with E-state index in [9.17, 15) is 8.42 Å². The molecule has 0 saturated carbocycles. The number of anilines is 1. The highest BCUT2D eigenvalue weighted by Crippen LogP contribution is 2.26. The molecule has 1 aromatic heterocycles. The van der Waals surface area contributed by atoms with Crippen molar-refractivity contribution in [2.24, 2.45) is 0 Å². The van der Waals surface area contributed by atoms with Crippen molar-refractivity contribution in [3.05, 3.63) is 73.1 Å². The van der Waals surface area contributed by atoms with E-state index in [2.05, 4.69) is 14.7 Å². The van der Waals surface area contributed by atoms with E-state index >= 15 is 0 Å². The lowest BCUT2D eigenvalue weighted by molar-refractivity contribution is 0.601. The molecule has 0 aliphatic heterocycles. The SMILES string of the molecule is O=S(=O)(Nc1ccccc1-c1ncccn1)c1ccccc1. The molecule has 3 aromatic rings. The minimum absolute atomic E-state index is 0.207. The number of hydrogen-bond donors (Lipinski definition) is 1. The van der Waals surface area contributed by atoms with E-state index in [1.54, 1.807) is 67.0 Å². The minimum atomic E-state index is -3.65. The number of hydrogen-bond acceptors (Lipinski definition) is 4. The fourth-order valence-corrected chi connectivity index (χ4v) is 3.11. The Labute approximate surface area is 128 Å². The van der Waals surface area contributed by atoms with Crippen molar-refractivity contribution < 1.29 is 8.42 Å². The Morgan fingerprint density at radius 3 is 2.14 bits per heavy atom. The third kappa shape index (κ3) is 2.96. The van der Waals surface area contributed by atoms with Crippen LogP contribution in [0.15, 0.2) is 78.0 Å². The fourth-order valence-electron chi connectivity index (χ4n) is 2.01. The Balaban J connectivity index is 2.01. The molecule has 0 unspecified atom stereocenters. The van der Waals surface area contributed by atoms with Gasteiger partial charge in [-0.1, -0.05) is 30.3 Å². The summed E-state index contributed by atoms with van der Waals surface area (Å²) in [4.78, 5) is 8.54. The van der Waals surface area contributed by atoms with Crippen LogP contribution >= 0.6 is 0 Å². The molecule has 5 nitrogen and oxygen atoms in total. The van der Waals surface area contributed by atoms with Crippen LogP contribution in [0.1, 0.15) is 0 Å². The number of benzene rings is 2. The highest BCUT2D eigenvalue weighted by molar-refractivity contribution is 7.92. The molecule has 0 atom stereocenters. The van der Waals surface area contributed by atoms with Gasteiger partial charge in [0.2, 0.25) is 0 Å². The van der Waals surface area contributed by atoms with E-state index in [0.717, 1.165) is 0 Å². The van der Waals surface area contributed by atoms with Crippen molar-refractivity contribution in [1.29, 1.82) is 0 Å². The van der Waals surface area contributed by atoms with Crippen molar-refractivity contribution in [1.82, 2.24) is 9.97 Å². The van der Waals surface area contributed by atoms with Crippen molar-refractivity contribution in [3.63, 3.8) is 0 Å². The molecule has 3 rings (SSSR count). The lowest BCUT2D eigenvalue weighted by Crippen LogP contribution is -2.13. The van der Waals surface area contributed by atoms with Gasteiger partial charge in [0.05, 0.1) is 10.6 Å². The highest BCUT2D eigenvalue weighted by Gasteiger charge is 2.16. The molecule has 0 saturated heterocycles. The van der Waals surface area contributed by atoms with Gasteiger partial charge in [-0.15, -0.1) is 0 Å². The second kappa shape index (κ2) is 5.95. The summed E-state index contributed by atoms with van der Waals surface area (Å²) in [5.41, 5.74) is 1.07. The third-order valence-electron chi connectivity index (χ3n) is 3.03. The van der Waals surface area contributed by atoms with E-state index in [1.165, 1.54) is 0 Å². The lowest BCUT2D eigenvalue weighted by Gasteiger charge is -2.11. The maximum atomic E-state index is 12.4. The predicted octanol–water partition coefficient (Wildman–Crippen LogP) is 2.94. The molecular formula is C16H13N3O2S. The Hall–Kier alpha value is -2.73. The fraction of sp³-hybridized carbons (Fsp3) is 0. The standard InChI is InChI=1S/C16H13N3O2S/c20-22(21,13-7-2-1-3-8-13)19-15-10-5-4-9-14(15)16-17-11-6-12-18-16/h1-12,19H. The second-order valence-corrected chi connectivity index (χ2v) is 6.22. The first kappa shape index (κ1) is 14.2. The minimum Gasteiger partial charge on any atom is -0.279 e. The Morgan fingerprint density at radius 1 is 0.773 bits per heavy atom. The molecule has 6 heteroatoms. The van der Waals surface area contributed by atoms with Gasteiger partial charge in [-0.25, -0.2) is 18.4 Å². The molecule has 0 aliphatic rings. The van der Waals surface area contributed by atoms with Crippen LogP contribution in [0.3, 0.4) is 0 Å². The number of nitrogens with zero attached hydrogens (tertiary/aromatic N) is 2. The smallest absolute Gasteiger partial charge is 0.261 e. The molecule has 0 radical (unpaired) electrons. The van der Waals surface area contributed by atoms with Crippen LogP contribution in [0.5, 0.6) is 0 Å². The van der Waals surface area contributed by atoms with Gasteiger partial charge in [-0.3, -0.25) is 4.72 Å². The summed E-state index contributed by atoms with van der Waals surface area (Å²) < 4.78 is 27.5. The number of rotatable bonds is 4. The van der Waals surface area contributed by atoms with E-state index in [4.69, 9.17) is 0 Å². The predicted molar refractivity (Wildman–Crippen MR) is 84.7 cm³/mol. The highest BCUT2D eigenvalue weighted by atomic mass is 32.2. The van der Waals surface area contributed by atoms with Crippen LogP contribution in [0.4, 0.5) is 5.69 Å². The van der Waals surface area contributed by atoms with Crippen molar-refractivity contribution in [3.8, 4) is 11.4 Å². The molecule has 1 N–H and O–H groups in total. The lowest BCUT2D eigenvalue weighted by atomic mass is 10.2. The molecule has 22 heavy (non-hydrogen) atoms. The Bertz CT molecular complexity index is 866. The van der Waals surface area contributed by atoms with E-state index in [0.29, 0.717) is 17.1 Å². The van der Waals surface area contributed by atoms with Gasteiger partial charge in [0.1, 0.15) is 0 Å². The van der Waals surface area contributed by atoms with Crippen LogP contribution < -0.4 is 4.72 Å². The third-order valence-corrected chi connectivity index (χ3v) is 4.41. The molecular weight excluding hydrogens is 298 g/mol. The van der Waals surface area contributed by atoms with Crippen molar-refractivity contribution in [2.75, 3.05) is 4.72 Å². The Morgan fingerprint density at radius 2 is 1.41 bits per heavy atom. The van der Waals surface area contributed by atoms with Crippen LogP contribution in [0, 0.1) is 0 Å². The first-order valence-electron chi connectivity index (χ1n) is 6.61. The van der Waals surface area contributed by atoms with Crippen molar-refractivity contribution >= 4 is 15.7 Å². The average Bonchev–Trinajstić information content (AvgIpc) is 2.57. The van der Waals surface area contributed by atoms with Crippen LogP contribution in [-0.4, -0.2) is 18.4 Å². The van der Waals surface area contributed by atoms with Crippen LogP contribution in [0.2, 0.25) is 0 Å². The van der Waals surface area contributed by atoms with Gasteiger partial charge in [0.15, 0.2) is 5.82 Å². The summed E-state index contributed by atoms with van der Waals surface area (Å²) in [5, 5.41) is 0. The Kier molecular flexibility index (Phi) is 3.84. The molecule has 110 valence electrons. The van der Waals surface area contributed by atoms with Crippen LogP contribution in [-0.2, 0) is 10.0 Å². The maximum absolute atomic E-state index is 12.4. The first-order chi connectivity index (χ1) is 10.7. The van der Waals surface area contributed by atoms with Crippen molar-refractivity contribution in [2.45, 2.75) is 4.90 Å². The van der Waals surface area contributed by atoms with Gasteiger partial charge in [-0.2, -0.15) is 0 Å². The zero-order valence-corrected chi connectivity index (χ0v) is 12.4. The zero-order chi connectivity index (χ0) is 15.4. The van der Waals surface area contributed by atoms with E-state index in [-0.39, 0.29) is 4.90 Å². The van der Waals surface area contributed by atoms with E-state index in [1.807, 2.05) is 6.07 Å². The normalized spacial score (nSPS) is 11.1. The molecule has 0 bridgehead atoms. The summed E-state index contributed by atoms with van der Waals surface area (Å²) in [5.74, 6) is 0.467. The number of para-hydroxylation sites is 1. The largest absolute Gasteiger partial charge is 0.279 e. The van der Waals surface area contributed by atoms with Gasteiger partial charge >= 0.3 is 0 Å². The van der Waals surface area contributed by atoms with E-state index < -0.39 is 10.0 Å². The maximum Gasteiger partial charge on any atom is 0.261 e. The monoisotopic (exact) mass is 311 g/mol. The molecule has 1 heterocycles.